The van der Waals surface area contributed by atoms with Crippen LogP contribution in [0.25, 0.3) is 16.1 Å². The normalized spacial score (nSPS) is 13.9. The molecule has 0 unspecified atom stereocenters. The number of carbonyl (C=O) groups excluding carboxylic acids is 2. The molecule has 0 aliphatic carbocycles. The third-order valence-electron chi connectivity index (χ3n) is 8.57. The standard InChI is InChI=1S/C38H41N5O2S/c1-26-7-17-32(18-8-26)43-35(25-34(41-43)38(2,3)4)40-37(45)39-31-15-9-27(10-16-31)24-28-19-21-42(22-20-28)36(44)30-13-11-29(12-14-30)33-6-5-23-46-33/h5-18,23,25,28H,19-22,24H2,1-4H3,(H2,39,40,45). The van der Waals surface area contributed by atoms with Gasteiger partial charge in [0.05, 0.1) is 11.4 Å². The number of hydrogen-bond acceptors (Lipinski definition) is 4. The van der Waals surface area contributed by atoms with E-state index in [1.165, 1.54) is 10.4 Å². The second kappa shape index (κ2) is 13.3. The first-order valence-electron chi connectivity index (χ1n) is 15.9. The third kappa shape index (κ3) is 7.40. The molecule has 0 radical (unpaired) electrons. The van der Waals surface area contributed by atoms with Gasteiger partial charge in [0.1, 0.15) is 5.82 Å². The van der Waals surface area contributed by atoms with Gasteiger partial charge in [0.25, 0.3) is 5.91 Å². The minimum atomic E-state index is -0.320. The topological polar surface area (TPSA) is 79.3 Å². The summed E-state index contributed by atoms with van der Waals surface area (Å²) in [4.78, 5) is 29.4. The number of carbonyl (C=O) groups is 2. The van der Waals surface area contributed by atoms with E-state index in [1.807, 2.05) is 84.6 Å². The molecule has 3 heterocycles. The van der Waals surface area contributed by atoms with Crippen molar-refractivity contribution in [2.45, 2.75) is 52.4 Å². The number of piperidine rings is 1. The molecule has 0 saturated carbocycles. The maximum atomic E-state index is 13.1. The Labute approximate surface area is 275 Å². The van der Waals surface area contributed by atoms with Crippen LogP contribution in [0.3, 0.4) is 0 Å². The SMILES string of the molecule is Cc1ccc(-n2nc(C(C)(C)C)cc2NC(=O)Nc2ccc(CC3CCN(C(=O)c4ccc(-c5cccs5)cc4)CC3)cc2)cc1. The second-order valence-corrected chi connectivity index (χ2v) is 14.1. The van der Waals surface area contributed by atoms with E-state index < -0.39 is 0 Å². The fraction of sp³-hybridized carbons (Fsp3) is 0.289. The second-order valence-electron chi connectivity index (χ2n) is 13.2. The first-order valence-corrected chi connectivity index (χ1v) is 16.8. The van der Waals surface area contributed by atoms with Crippen LogP contribution < -0.4 is 10.6 Å². The number of aromatic nitrogens is 2. The van der Waals surface area contributed by atoms with Gasteiger partial charge in [0.15, 0.2) is 0 Å². The fourth-order valence-corrected chi connectivity index (χ4v) is 6.53. The number of benzene rings is 3. The molecule has 6 rings (SSSR count). The van der Waals surface area contributed by atoms with Gasteiger partial charge >= 0.3 is 6.03 Å². The van der Waals surface area contributed by atoms with Crippen LogP contribution in [0.15, 0.2) is 96.4 Å². The summed E-state index contributed by atoms with van der Waals surface area (Å²) >= 11 is 1.70. The first kappa shape index (κ1) is 31.3. The van der Waals surface area contributed by atoms with Crippen LogP contribution in [0.2, 0.25) is 0 Å². The van der Waals surface area contributed by atoms with E-state index in [0.717, 1.165) is 66.1 Å². The minimum Gasteiger partial charge on any atom is -0.339 e. The zero-order valence-electron chi connectivity index (χ0n) is 26.9. The summed E-state index contributed by atoms with van der Waals surface area (Å²) in [6, 6.07) is 29.9. The van der Waals surface area contributed by atoms with E-state index in [9.17, 15) is 9.59 Å². The highest BCUT2D eigenvalue weighted by Gasteiger charge is 2.24. The summed E-state index contributed by atoms with van der Waals surface area (Å²) in [6.45, 7) is 9.91. The Balaban J connectivity index is 1.01. The molecule has 1 fully saturated rings. The molecule has 8 heteroatoms. The van der Waals surface area contributed by atoms with Crippen molar-refractivity contribution in [3.05, 3.63) is 119 Å². The summed E-state index contributed by atoms with van der Waals surface area (Å²) in [6.07, 6.45) is 2.91. The van der Waals surface area contributed by atoms with Crippen molar-refractivity contribution in [3.63, 3.8) is 0 Å². The monoisotopic (exact) mass is 631 g/mol. The lowest BCUT2D eigenvalue weighted by Crippen LogP contribution is -2.38. The van der Waals surface area contributed by atoms with Gasteiger partial charge in [0, 0.05) is 40.7 Å². The maximum Gasteiger partial charge on any atom is 0.324 e. The smallest absolute Gasteiger partial charge is 0.324 e. The average molecular weight is 632 g/mol. The number of amides is 3. The number of nitrogens with zero attached hydrogens (tertiary/aromatic N) is 3. The molecule has 1 aliphatic rings. The van der Waals surface area contributed by atoms with Crippen molar-refractivity contribution >= 4 is 34.8 Å². The Morgan fingerprint density at radius 2 is 1.59 bits per heavy atom. The molecule has 3 amide bonds. The zero-order chi connectivity index (χ0) is 32.3. The van der Waals surface area contributed by atoms with Crippen LogP contribution in [0.1, 0.15) is 60.8 Å². The minimum absolute atomic E-state index is 0.112. The molecule has 0 atom stereocenters. The van der Waals surface area contributed by atoms with Crippen LogP contribution in [0.4, 0.5) is 16.3 Å². The largest absolute Gasteiger partial charge is 0.339 e. The molecule has 5 aromatic rings. The van der Waals surface area contributed by atoms with Crippen molar-refractivity contribution < 1.29 is 9.59 Å². The Bertz CT molecular complexity index is 1780. The Kier molecular flexibility index (Phi) is 9.08. The van der Waals surface area contributed by atoms with Crippen LogP contribution in [0.5, 0.6) is 0 Å². The van der Waals surface area contributed by atoms with E-state index in [1.54, 1.807) is 16.0 Å². The van der Waals surface area contributed by atoms with Crippen LogP contribution in [-0.2, 0) is 11.8 Å². The van der Waals surface area contributed by atoms with E-state index in [4.69, 9.17) is 5.10 Å². The van der Waals surface area contributed by atoms with Crippen LogP contribution in [-0.4, -0.2) is 39.7 Å². The van der Waals surface area contributed by atoms with Crippen molar-refractivity contribution in [2.75, 3.05) is 23.7 Å². The molecule has 2 aromatic heterocycles. The average Bonchev–Trinajstić information content (AvgIpc) is 3.74. The van der Waals surface area contributed by atoms with Gasteiger partial charge in [-0.25, -0.2) is 9.48 Å². The lowest BCUT2D eigenvalue weighted by Gasteiger charge is -2.32. The van der Waals surface area contributed by atoms with Crippen LogP contribution in [0, 0.1) is 12.8 Å². The van der Waals surface area contributed by atoms with Crippen molar-refractivity contribution in [3.8, 4) is 16.1 Å². The molecular weight excluding hydrogens is 591 g/mol. The lowest BCUT2D eigenvalue weighted by molar-refractivity contribution is 0.0690. The summed E-state index contributed by atoms with van der Waals surface area (Å²) in [5.41, 5.74) is 6.63. The summed E-state index contributed by atoms with van der Waals surface area (Å²) in [5, 5.41) is 12.8. The number of aryl methyl sites for hydroxylation is 1. The quantitative estimate of drug-likeness (QED) is 0.188. The molecular formula is C38H41N5O2S. The van der Waals surface area contributed by atoms with Gasteiger partial charge in [-0.05, 0) is 91.1 Å². The van der Waals surface area contributed by atoms with Gasteiger partial charge in [0.2, 0.25) is 0 Å². The zero-order valence-corrected chi connectivity index (χ0v) is 27.7. The number of nitrogens with one attached hydrogen (secondary N) is 2. The van der Waals surface area contributed by atoms with E-state index in [-0.39, 0.29) is 17.4 Å². The van der Waals surface area contributed by atoms with E-state index >= 15 is 0 Å². The number of urea groups is 1. The molecule has 3 aromatic carbocycles. The molecule has 46 heavy (non-hydrogen) atoms. The highest BCUT2D eigenvalue weighted by molar-refractivity contribution is 7.13. The first-order chi connectivity index (χ1) is 22.1. The fourth-order valence-electron chi connectivity index (χ4n) is 5.80. The van der Waals surface area contributed by atoms with E-state index in [2.05, 4.69) is 55.0 Å². The molecule has 0 bridgehead atoms. The summed E-state index contributed by atoms with van der Waals surface area (Å²) in [5.74, 6) is 1.25. The molecule has 7 nitrogen and oxygen atoms in total. The third-order valence-corrected chi connectivity index (χ3v) is 9.49. The van der Waals surface area contributed by atoms with E-state index in [0.29, 0.717) is 11.7 Å². The number of thiophene rings is 1. The lowest BCUT2D eigenvalue weighted by atomic mass is 9.90. The Hall–Kier alpha value is -4.69. The number of rotatable bonds is 7. The molecule has 236 valence electrons. The number of anilines is 2. The molecule has 0 spiro atoms. The highest BCUT2D eigenvalue weighted by atomic mass is 32.1. The molecule has 1 saturated heterocycles. The number of hydrogen-bond donors (Lipinski definition) is 2. The summed E-state index contributed by atoms with van der Waals surface area (Å²) in [7, 11) is 0. The predicted octanol–water partition coefficient (Wildman–Crippen LogP) is 8.95. The van der Waals surface area contributed by atoms with Gasteiger partial charge < -0.3 is 10.2 Å². The van der Waals surface area contributed by atoms with Crippen LogP contribution >= 0.6 is 11.3 Å². The van der Waals surface area contributed by atoms with Gasteiger partial charge in [-0.3, -0.25) is 10.1 Å². The van der Waals surface area contributed by atoms with Gasteiger partial charge in [-0.15, -0.1) is 11.3 Å². The Morgan fingerprint density at radius 3 is 2.22 bits per heavy atom. The predicted molar refractivity (Wildman–Crippen MR) is 188 cm³/mol. The van der Waals surface area contributed by atoms with Crippen molar-refractivity contribution in [1.82, 2.24) is 14.7 Å². The molecule has 1 aliphatic heterocycles. The Morgan fingerprint density at radius 1 is 0.891 bits per heavy atom. The van der Waals surface area contributed by atoms with Gasteiger partial charge in [-0.2, -0.15) is 5.10 Å². The number of likely N-dealkylation sites (tertiary alicyclic amines) is 1. The summed E-state index contributed by atoms with van der Waals surface area (Å²) < 4.78 is 1.78. The van der Waals surface area contributed by atoms with Crippen molar-refractivity contribution in [2.24, 2.45) is 5.92 Å². The highest BCUT2D eigenvalue weighted by Crippen LogP contribution is 2.28. The van der Waals surface area contributed by atoms with Crippen molar-refractivity contribution in [1.29, 1.82) is 0 Å². The van der Waals surface area contributed by atoms with Gasteiger partial charge in [-0.1, -0.05) is 68.8 Å². The maximum absolute atomic E-state index is 13.1. The molecule has 2 N–H and O–H groups in total.